The van der Waals surface area contributed by atoms with Crippen LogP contribution in [-0.2, 0) is 4.79 Å². The number of hydrogen-bond acceptors (Lipinski definition) is 5. The molecular weight excluding hydrogens is 266 g/mol. The van der Waals surface area contributed by atoms with Crippen molar-refractivity contribution in [1.29, 1.82) is 0 Å². The lowest BCUT2D eigenvalue weighted by Gasteiger charge is -2.48. The summed E-state index contributed by atoms with van der Waals surface area (Å²) in [6.07, 6.45) is 5.64. The van der Waals surface area contributed by atoms with Crippen molar-refractivity contribution in [2.75, 3.05) is 36.8 Å². The van der Waals surface area contributed by atoms with Gasteiger partial charge in [-0.25, -0.2) is 4.98 Å². The summed E-state index contributed by atoms with van der Waals surface area (Å²) in [6.45, 7) is 5.60. The monoisotopic (exact) mass is 289 g/mol. The van der Waals surface area contributed by atoms with E-state index in [0.717, 1.165) is 39.0 Å². The third kappa shape index (κ3) is 2.80. The number of anilines is 2. The zero-order chi connectivity index (χ0) is 14.9. The number of nitrogen functional groups attached to an aromatic ring is 1. The molecule has 3 rings (SSSR count). The molecule has 1 atom stereocenters. The lowest BCUT2D eigenvalue weighted by Crippen LogP contribution is -2.54. The van der Waals surface area contributed by atoms with E-state index in [-0.39, 0.29) is 5.41 Å². The van der Waals surface area contributed by atoms with Crippen LogP contribution in [0, 0.1) is 5.41 Å². The highest BCUT2D eigenvalue weighted by molar-refractivity contribution is 5.77. The fourth-order valence-corrected chi connectivity index (χ4v) is 3.62. The third-order valence-electron chi connectivity index (χ3n) is 4.74. The molecule has 114 valence electrons. The van der Waals surface area contributed by atoms with Crippen LogP contribution in [-0.4, -0.2) is 47.0 Å². The molecule has 1 amide bonds. The van der Waals surface area contributed by atoms with Gasteiger partial charge < -0.3 is 15.5 Å². The number of nitrogens with two attached hydrogens (primary N) is 1. The SMILES string of the molecule is CCN1C[C@@]2(CCCN(c3nccc(N)n3)C2)CCC1=O. The van der Waals surface area contributed by atoms with Crippen molar-refractivity contribution < 1.29 is 4.79 Å². The average Bonchev–Trinajstić information content (AvgIpc) is 2.50. The molecule has 6 heteroatoms. The largest absolute Gasteiger partial charge is 0.384 e. The lowest BCUT2D eigenvalue weighted by molar-refractivity contribution is -0.137. The Morgan fingerprint density at radius 2 is 2.24 bits per heavy atom. The molecule has 0 bridgehead atoms. The molecule has 2 N–H and O–H groups in total. The molecule has 21 heavy (non-hydrogen) atoms. The summed E-state index contributed by atoms with van der Waals surface area (Å²) in [5.41, 5.74) is 5.96. The second-order valence-electron chi connectivity index (χ2n) is 6.21. The highest BCUT2D eigenvalue weighted by atomic mass is 16.2. The number of aromatic nitrogens is 2. The minimum atomic E-state index is 0.191. The van der Waals surface area contributed by atoms with Gasteiger partial charge in [0.05, 0.1) is 0 Å². The number of carbonyl (C=O) groups is 1. The summed E-state index contributed by atoms with van der Waals surface area (Å²) >= 11 is 0. The molecule has 0 aliphatic carbocycles. The van der Waals surface area contributed by atoms with Gasteiger partial charge in [0.25, 0.3) is 0 Å². The van der Waals surface area contributed by atoms with E-state index in [1.165, 1.54) is 6.42 Å². The maximum atomic E-state index is 11.9. The van der Waals surface area contributed by atoms with Gasteiger partial charge in [-0.1, -0.05) is 0 Å². The number of nitrogens with zero attached hydrogens (tertiary/aromatic N) is 4. The van der Waals surface area contributed by atoms with Gasteiger partial charge >= 0.3 is 0 Å². The van der Waals surface area contributed by atoms with Gasteiger partial charge in [-0.05, 0) is 32.3 Å². The van der Waals surface area contributed by atoms with Gasteiger partial charge in [-0.15, -0.1) is 0 Å². The Bertz CT molecular complexity index is 535. The summed E-state index contributed by atoms with van der Waals surface area (Å²) < 4.78 is 0. The first kappa shape index (κ1) is 14.1. The number of rotatable bonds is 2. The molecule has 0 radical (unpaired) electrons. The molecule has 2 aliphatic heterocycles. The number of amides is 1. The van der Waals surface area contributed by atoms with E-state index >= 15 is 0 Å². The molecule has 0 unspecified atom stereocenters. The summed E-state index contributed by atoms with van der Waals surface area (Å²) in [5.74, 6) is 1.52. The van der Waals surface area contributed by atoms with Crippen LogP contribution in [0.1, 0.15) is 32.6 Å². The van der Waals surface area contributed by atoms with Crippen molar-refractivity contribution in [2.45, 2.75) is 32.6 Å². The first-order valence-corrected chi connectivity index (χ1v) is 7.73. The highest BCUT2D eigenvalue weighted by Crippen LogP contribution is 2.39. The molecule has 0 aromatic carbocycles. The molecule has 1 spiro atoms. The zero-order valence-corrected chi connectivity index (χ0v) is 12.6. The van der Waals surface area contributed by atoms with E-state index in [1.807, 2.05) is 4.90 Å². The Balaban J connectivity index is 1.78. The second-order valence-corrected chi connectivity index (χ2v) is 6.21. The predicted molar refractivity (Wildman–Crippen MR) is 81.8 cm³/mol. The highest BCUT2D eigenvalue weighted by Gasteiger charge is 2.41. The normalized spacial score (nSPS) is 26.4. The molecule has 2 fully saturated rings. The maximum absolute atomic E-state index is 11.9. The average molecular weight is 289 g/mol. The van der Waals surface area contributed by atoms with Crippen molar-refractivity contribution >= 4 is 17.7 Å². The van der Waals surface area contributed by atoms with Gasteiger partial charge in [0, 0.05) is 44.2 Å². The van der Waals surface area contributed by atoms with Crippen LogP contribution in [0.15, 0.2) is 12.3 Å². The van der Waals surface area contributed by atoms with E-state index in [0.29, 0.717) is 24.1 Å². The fraction of sp³-hybridized carbons (Fsp3) is 0.667. The van der Waals surface area contributed by atoms with Crippen LogP contribution in [0.5, 0.6) is 0 Å². The topological polar surface area (TPSA) is 75.3 Å². The Morgan fingerprint density at radius 3 is 3.00 bits per heavy atom. The zero-order valence-electron chi connectivity index (χ0n) is 12.6. The number of carbonyl (C=O) groups excluding carboxylic acids is 1. The van der Waals surface area contributed by atoms with Gasteiger partial charge in [0.15, 0.2) is 0 Å². The maximum Gasteiger partial charge on any atom is 0.227 e. The van der Waals surface area contributed by atoms with E-state index in [9.17, 15) is 4.79 Å². The molecular formula is C15H23N5O. The predicted octanol–water partition coefficient (Wildman–Crippen LogP) is 1.29. The number of hydrogen-bond donors (Lipinski definition) is 1. The van der Waals surface area contributed by atoms with E-state index < -0.39 is 0 Å². The molecule has 2 aliphatic rings. The van der Waals surface area contributed by atoms with Crippen LogP contribution in [0.2, 0.25) is 0 Å². The van der Waals surface area contributed by atoms with E-state index in [2.05, 4.69) is 21.8 Å². The minimum absolute atomic E-state index is 0.191. The standard InChI is InChI=1S/C15H23N5O/c1-2-19-10-15(7-4-13(19)21)6-3-9-20(11-15)14-17-8-5-12(16)18-14/h5,8H,2-4,6-7,9-11H2,1H3,(H2,16,17,18)/t15-/m1/s1. The van der Waals surface area contributed by atoms with Gasteiger partial charge in [-0.3, -0.25) is 4.79 Å². The van der Waals surface area contributed by atoms with Crippen molar-refractivity contribution in [3.63, 3.8) is 0 Å². The summed E-state index contributed by atoms with van der Waals surface area (Å²) in [5, 5.41) is 0. The number of piperidine rings is 2. The third-order valence-corrected chi connectivity index (χ3v) is 4.74. The van der Waals surface area contributed by atoms with Crippen molar-refractivity contribution in [2.24, 2.45) is 5.41 Å². The van der Waals surface area contributed by atoms with Crippen LogP contribution in [0.25, 0.3) is 0 Å². The van der Waals surface area contributed by atoms with E-state index in [1.54, 1.807) is 12.3 Å². The Hall–Kier alpha value is -1.85. The Morgan fingerprint density at radius 1 is 1.38 bits per heavy atom. The van der Waals surface area contributed by atoms with Crippen molar-refractivity contribution in [3.8, 4) is 0 Å². The molecule has 6 nitrogen and oxygen atoms in total. The summed E-state index contributed by atoms with van der Waals surface area (Å²) in [6, 6.07) is 1.71. The van der Waals surface area contributed by atoms with Crippen LogP contribution in [0.3, 0.4) is 0 Å². The fourth-order valence-electron chi connectivity index (χ4n) is 3.62. The Kier molecular flexibility index (Phi) is 3.69. The van der Waals surface area contributed by atoms with Crippen LogP contribution < -0.4 is 10.6 Å². The van der Waals surface area contributed by atoms with Gasteiger partial charge in [-0.2, -0.15) is 4.98 Å². The van der Waals surface area contributed by atoms with Gasteiger partial charge in [0.1, 0.15) is 5.82 Å². The minimum Gasteiger partial charge on any atom is -0.384 e. The first-order valence-electron chi connectivity index (χ1n) is 7.73. The smallest absolute Gasteiger partial charge is 0.227 e. The van der Waals surface area contributed by atoms with Crippen molar-refractivity contribution in [3.05, 3.63) is 12.3 Å². The van der Waals surface area contributed by atoms with E-state index in [4.69, 9.17) is 5.73 Å². The molecule has 2 saturated heterocycles. The molecule has 0 saturated carbocycles. The molecule has 1 aromatic rings. The molecule has 1 aromatic heterocycles. The Labute approximate surface area is 125 Å². The van der Waals surface area contributed by atoms with Crippen LogP contribution in [0.4, 0.5) is 11.8 Å². The lowest BCUT2D eigenvalue weighted by atomic mass is 9.73. The molecule has 3 heterocycles. The first-order chi connectivity index (χ1) is 10.1. The van der Waals surface area contributed by atoms with Gasteiger partial charge in [0.2, 0.25) is 11.9 Å². The quantitative estimate of drug-likeness (QED) is 0.888. The summed E-state index contributed by atoms with van der Waals surface area (Å²) in [7, 11) is 0. The number of likely N-dealkylation sites (tertiary alicyclic amines) is 1. The van der Waals surface area contributed by atoms with Crippen LogP contribution >= 0.6 is 0 Å². The second kappa shape index (κ2) is 5.50. The van der Waals surface area contributed by atoms with Crippen molar-refractivity contribution in [1.82, 2.24) is 14.9 Å². The summed E-state index contributed by atoms with van der Waals surface area (Å²) in [4.78, 5) is 24.8.